The van der Waals surface area contributed by atoms with Gasteiger partial charge in [-0.3, -0.25) is 24.1 Å². The number of rotatable bonds is 12. The number of carbonyl (C=O) groups excluding carboxylic acids is 4. The average molecular weight is 894 g/mol. The Hall–Kier alpha value is -5.76. The van der Waals surface area contributed by atoms with Crippen LogP contribution in [0.3, 0.4) is 0 Å². The first-order valence-electron chi connectivity index (χ1n) is 20.9. The Morgan fingerprint density at radius 3 is 2.10 bits per heavy atom. The average Bonchev–Trinajstić information content (AvgIpc) is 3.97. The number of ether oxygens (including phenoxy) is 2. The number of likely N-dealkylation sites (tertiary alicyclic amines) is 1. The van der Waals surface area contributed by atoms with E-state index in [0.717, 1.165) is 44.0 Å². The topological polar surface area (TPSA) is 177 Å². The van der Waals surface area contributed by atoms with Gasteiger partial charge in [-0.1, -0.05) is 81.4 Å². The highest BCUT2D eigenvalue weighted by Crippen LogP contribution is 2.46. The number of anilines is 2. The van der Waals surface area contributed by atoms with Crippen molar-refractivity contribution < 1.29 is 48.7 Å². The van der Waals surface area contributed by atoms with Crippen molar-refractivity contribution in [3.05, 3.63) is 113 Å². The lowest BCUT2D eigenvalue weighted by Crippen LogP contribution is -2.34. The lowest BCUT2D eigenvalue weighted by atomic mass is 9.93. The molecule has 3 aliphatic rings. The van der Waals surface area contributed by atoms with Crippen molar-refractivity contribution in [2.24, 2.45) is 0 Å². The predicted molar refractivity (Wildman–Crippen MR) is 252 cm³/mol. The van der Waals surface area contributed by atoms with Gasteiger partial charge in [0, 0.05) is 66.0 Å². The van der Waals surface area contributed by atoms with E-state index in [0.29, 0.717) is 47.8 Å². The summed E-state index contributed by atoms with van der Waals surface area (Å²) in [5, 5.41) is 24.3. The number of carbonyl (C=O) groups is 4. The largest absolute Gasteiger partial charge is 0.507 e. The summed E-state index contributed by atoms with van der Waals surface area (Å²) >= 11 is 4.16. The Labute approximate surface area is 373 Å². The molecule has 0 spiro atoms. The van der Waals surface area contributed by atoms with E-state index in [4.69, 9.17) is 19.3 Å². The summed E-state index contributed by atoms with van der Waals surface area (Å²) in [6, 6.07) is 24.1. The molecule has 3 heterocycles. The molecule has 5 aromatic rings. The van der Waals surface area contributed by atoms with Crippen LogP contribution in [0.15, 0.2) is 91.0 Å². The van der Waals surface area contributed by atoms with Crippen LogP contribution in [0.1, 0.15) is 61.8 Å². The fourth-order valence-electron chi connectivity index (χ4n) is 8.24. The fraction of sp³-hybridized carbons (Fsp3) is 0.292. The Bertz CT molecular complexity index is 2560. The molecule has 0 aromatic heterocycles. The van der Waals surface area contributed by atoms with E-state index in [9.17, 15) is 29.4 Å². The molecule has 5 aromatic carbocycles. The minimum Gasteiger partial charge on any atom is -0.507 e. The van der Waals surface area contributed by atoms with Crippen molar-refractivity contribution >= 4 is 90.4 Å². The minimum absolute atomic E-state index is 0.0786. The molecule has 330 valence electrons. The van der Waals surface area contributed by atoms with Crippen LogP contribution < -0.4 is 14.5 Å². The molecule has 3 aliphatic heterocycles. The molecule has 0 aliphatic carbocycles. The normalized spacial score (nSPS) is 16.7. The van der Waals surface area contributed by atoms with E-state index in [-0.39, 0.29) is 73.8 Å². The van der Waals surface area contributed by atoms with E-state index in [1.807, 2.05) is 74.5 Å². The Morgan fingerprint density at radius 2 is 1.43 bits per heavy atom. The maximum absolute atomic E-state index is 13.7. The first-order chi connectivity index (χ1) is 30.5. The quantitative estimate of drug-likeness (QED) is 0.0277. The number of nitrogens with zero attached hydrogens (tertiary/aromatic N) is 3. The molecule has 63 heavy (non-hydrogen) atoms. The van der Waals surface area contributed by atoms with Crippen LogP contribution >= 0.6 is 21.7 Å². The van der Waals surface area contributed by atoms with Gasteiger partial charge in [0.1, 0.15) is 32.9 Å². The van der Waals surface area contributed by atoms with Gasteiger partial charge in [0.25, 0.3) is 11.8 Å². The summed E-state index contributed by atoms with van der Waals surface area (Å²) in [7, 11) is -0.917. The molecule has 0 radical (unpaired) electrons. The van der Waals surface area contributed by atoms with Crippen LogP contribution in [0.2, 0.25) is 0 Å². The van der Waals surface area contributed by atoms with Gasteiger partial charge in [0.05, 0.1) is 36.4 Å². The molecular weight excluding hydrogens is 842 g/mol. The van der Waals surface area contributed by atoms with E-state index in [2.05, 4.69) is 19.6 Å². The van der Waals surface area contributed by atoms with Crippen LogP contribution in [0.4, 0.5) is 11.4 Å². The summed E-state index contributed by atoms with van der Waals surface area (Å²) in [5.74, 6) is -0.237. The Kier molecular flexibility index (Phi) is 16.0. The fourth-order valence-corrected chi connectivity index (χ4v) is 8.54. The number of benzene rings is 5. The molecule has 1 unspecified atom stereocenters. The molecule has 8 rings (SSSR count). The Morgan fingerprint density at radius 1 is 0.810 bits per heavy atom. The number of hydrogen-bond donors (Lipinski definition) is 5. The highest BCUT2D eigenvalue weighted by molar-refractivity contribution is 7.81. The van der Waals surface area contributed by atoms with Crippen molar-refractivity contribution in [3.63, 3.8) is 0 Å². The Balaban J connectivity index is 0.00000127. The van der Waals surface area contributed by atoms with E-state index in [1.54, 1.807) is 40.2 Å². The second-order valence-electron chi connectivity index (χ2n) is 14.7. The van der Waals surface area contributed by atoms with Crippen LogP contribution in [0.5, 0.6) is 17.2 Å². The highest BCUT2D eigenvalue weighted by Gasteiger charge is 2.36. The SMILES string of the molecule is CC.CC[C@@H]1CN(C(=O)/C=C/c2ccc(/C=C/C(=O)N3CCc4c3cc(O)c3ccccc43)c(OCCOCCN3C(=O)CC(S)C3=O)c2)c2cc(O)c3ccccc3c21.OPO. The van der Waals surface area contributed by atoms with Gasteiger partial charge in [0.2, 0.25) is 11.8 Å². The molecule has 0 saturated carbocycles. The standard InChI is InChI=1S/C46H43N3O8S.C2H6.H3O2P/c1-2-29-27-49(37-25-39(51)34-9-5-6-10-35(34)45(29)37)43(53)15-12-28-11-13-30(40(23-28)57-22-21-56-20-19-48-44(54)26-41(58)46(48)55)14-16-42(52)47-18-17-32-31-7-3-4-8-33(31)38(50)24-36(32)47;1-2;1-3-2/h3-16,23-25,29,41,50-51,58H,2,17-22,26-27H2,1H3;1-2H3;1-3H/b15-12+,16-14+;;/t29-,41?;;/m1../s1. The molecule has 2 atom stereocenters. The van der Waals surface area contributed by atoms with Gasteiger partial charge in [-0.15, -0.1) is 0 Å². The zero-order valence-electron chi connectivity index (χ0n) is 35.4. The molecule has 1 saturated heterocycles. The lowest BCUT2D eigenvalue weighted by Gasteiger charge is -2.17. The molecule has 1 fully saturated rings. The van der Waals surface area contributed by atoms with Crippen LogP contribution in [0.25, 0.3) is 33.7 Å². The van der Waals surface area contributed by atoms with E-state index < -0.39 is 14.3 Å². The third kappa shape index (κ3) is 10.2. The molecule has 4 N–H and O–H groups in total. The number of imide groups is 1. The zero-order valence-corrected chi connectivity index (χ0v) is 37.3. The van der Waals surface area contributed by atoms with Crippen molar-refractivity contribution in [1.29, 1.82) is 0 Å². The molecule has 13 nitrogen and oxygen atoms in total. The smallest absolute Gasteiger partial charge is 0.251 e. The number of fused-ring (bicyclic) bond motifs is 6. The van der Waals surface area contributed by atoms with Gasteiger partial charge in [-0.25, -0.2) is 0 Å². The molecule has 4 amide bonds. The lowest BCUT2D eigenvalue weighted by molar-refractivity contribution is -0.139. The van der Waals surface area contributed by atoms with Crippen molar-refractivity contribution in [1.82, 2.24) is 4.90 Å². The van der Waals surface area contributed by atoms with Crippen molar-refractivity contribution in [2.45, 2.75) is 51.2 Å². The van der Waals surface area contributed by atoms with Gasteiger partial charge < -0.3 is 39.3 Å². The van der Waals surface area contributed by atoms with E-state index >= 15 is 0 Å². The molecular formula is C48H52N3O10PS. The highest BCUT2D eigenvalue weighted by atomic mass is 32.1. The summed E-state index contributed by atoms with van der Waals surface area (Å²) in [4.78, 5) is 70.5. The summed E-state index contributed by atoms with van der Waals surface area (Å²) < 4.78 is 11.9. The number of hydrogen-bond acceptors (Lipinski definition) is 11. The van der Waals surface area contributed by atoms with Crippen LogP contribution in [-0.4, -0.2) is 93.2 Å². The van der Waals surface area contributed by atoms with E-state index in [1.165, 1.54) is 12.2 Å². The number of phenolic OH excluding ortho intramolecular Hbond substituents is 2. The summed E-state index contributed by atoms with van der Waals surface area (Å²) in [6.45, 7) is 7.64. The van der Waals surface area contributed by atoms with Crippen LogP contribution in [0, 0.1) is 0 Å². The van der Waals surface area contributed by atoms with Gasteiger partial charge >= 0.3 is 0 Å². The minimum atomic E-state index is -0.917. The summed E-state index contributed by atoms with van der Waals surface area (Å²) in [5.41, 5.74) is 4.77. The maximum Gasteiger partial charge on any atom is 0.251 e. The number of phenols is 2. The van der Waals surface area contributed by atoms with Gasteiger partial charge in [-0.05, 0) is 58.5 Å². The van der Waals surface area contributed by atoms with Gasteiger partial charge in [-0.2, -0.15) is 12.6 Å². The molecule has 0 bridgehead atoms. The first-order valence-corrected chi connectivity index (χ1v) is 22.3. The molecule has 15 heteroatoms. The zero-order chi connectivity index (χ0) is 45.2. The monoisotopic (exact) mass is 893 g/mol. The maximum atomic E-state index is 13.7. The first kappa shape index (κ1) is 46.7. The third-order valence-electron chi connectivity index (χ3n) is 11.2. The predicted octanol–water partition coefficient (Wildman–Crippen LogP) is 7.52. The number of amides is 4. The third-order valence-corrected chi connectivity index (χ3v) is 11.6. The van der Waals surface area contributed by atoms with Crippen LogP contribution in [-0.2, 0) is 30.3 Å². The van der Waals surface area contributed by atoms with Crippen molar-refractivity contribution in [3.8, 4) is 17.2 Å². The second-order valence-corrected chi connectivity index (χ2v) is 15.6. The summed E-state index contributed by atoms with van der Waals surface area (Å²) in [6.07, 6.45) is 7.96. The number of thiol groups is 1. The number of aromatic hydroxyl groups is 2. The van der Waals surface area contributed by atoms with Gasteiger partial charge in [0.15, 0.2) is 0 Å². The van der Waals surface area contributed by atoms with Crippen molar-refractivity contribution in [2.75, 3.05) is 49.3 Å². The second kappa shape index (κ2) is 21.5.